The second-order valence-corrected chi connectivity index (χ2v) is 9.05. The molecule has 3 heterocycles. The van der Waals surface area contributed by atoms with Gasteiger partial charge in [0.25, 0.3) is 0 Å². The average Bonchev–Trinajstić information content (AvgIpc) is 3.37. The minimum atomic E-state index is -0.0517. The second-order valence-electron chi connectivity index (χ2n) is 9.05. The molecule has 2 aromatic carbocycles. The lowest BCUT2D eigenvalue weighted by molar-refractivity contribution is -0.130. The summed E-state index contributed by atoms with van der Waals surface area (Å²) in [5.74, 6) is 1.31. The Labute approximate surface area is 170 Å². The molecular weight excluding hydrogens is 360 g/mol. The first-order chi connectivity index (χ1) is 14.0. The topological polar surface area (TPSA) is 50.2 Å². The van der Waals surface area contributed by atoms with Gasteiger partial charge in [0.1, 0.15) is 11.3 Å². The Morgan fingerprint density at radius 3 is 2.59 bits per heavy atom. The van der Waals surface area contributed by atoms with Crippen molar-refractivity contribution in [3.63, 3.8) is 0 Å². The fourth-order valence-electron chi connectivity index (χ4n) is 5.80. The molecule has 1 saturated heterocycles. The number of carbonyl (C=O) groups is 1. The van der Waals surface area contributed by atoms with Gasteiger partial charge in [-0.3, -0.25) is 4.79 Å². The molecular formula is C24H26N4O. The number of hydrogen-bond acceptors (Lipinski definition) is 3. The van der Waals surface area contributed by atoms with Crippen molar-refractivity contribution >= 4 is 22.6 Å². The van der Waals surface area contributed by atoms with E-state index in [1.807, 2.05) is 0 Å². The fraction of sp³-hybridized carbons (Fsp3) is 0.417. The van der Waals surface area contributed by atoms with Crippen molar-refractivity contribution in [1.82, 2.24) is 14.5 Å². The smallest absolute Gasteiger partial charge is 0.223 e. The average molecular weight is 386 g/mol. The van der Waals surface area contributed by atoms with Gasteiger partial charge in [-0.15, -0.1) is 0 Å². The van der Waals surface area contributed by atoms with Gasteiger partial charge in [0.05, 0.1) is 17.2 Å². The zero-order valence-corrected chi connectivity index (χ0v) is 17.0. The number of hydrogen-bond donors (Lipinski definition) is 1. The van der Waals surface area contributed by atoms with Gasteiger partial charge in [-0.2, -0.15) is 0 Å². The van der Waals surface area contributed by atoms with Gasteiger partial charge in [0, 0.05) is 31.1 Å². The van der Waals surface area contributed by atoms with Gasteiger partial charge in [-0.25, -0.2) is 4.98 Å². The molecule has 3 aliphatic rings. The van der Waals surface area contributed by atoms with Crippen molar-refractivity contribution in [2.24, 2.45) is 7.05 Å². The Hall–Kier alpha value is -2.82. The monoisotopic (exact) mass is 386 g/mol. The lowest BCUT2D eigenvalue weighted by atomic mass is 9.80. The van der Waals surface area contributed by atoms with Crippen LogP contribution in [-0.2, 0) is 24.7 Å². The molecule has 3 aromatic rings. The number of carbonyl (C=O) groups excluding carboxylic acids is 1. The van der Waals surface area contributed by atoms with E-state index in [2.05, 4.69) is 65.2 Å². The van der Waals surface area contributed by atoms with E-state index in [9.17, 15) is 4.79 Å². The lowest BCUT2D eigenvalue weighted by Gasteiger charge is -2.44. The Morgan fingerprint density at radius 1 is 1.14 bits per heavy atom. The van der Waals surface area contributed by atoms with Gasteiger partial charge in [0.2, 0.25) is 5.91 Å². The van der Waals surface area contributed by atoms with Crippen LogP contribution in [0.5, 0.6) is 0 Å². The third-order valence-electron chi connectivity index (χ3n) is 7.30. The first-order valence-electron chi connectivity index (χ1n) is 10.7. The summed E-state index contributed by atoms with van der Waals surface area (Å²) < 4.78 is 2.15. The molecule has 0 radical (unpaired) electrons. The molecule has 5 heteroatoms. The van der Waals surface area contributed by atoms with E-state index in [4.69, 9.17) is 4.98 Å². The molecule has 1 N–H and O–H groups in total. The number of likely N-dealkylation sites (tertiary alicyclic amines) is 1. The predicted molar refractivity (Wildman–Crippen MR) is 114 cm³/mol. The van der Waals surface area contributed by atoms with E-state index in [1.165, 1.54) is 16.7 Å². The number of rotatable bonds is 1. The first kappa shape index (κ1) is 17.1. The summed E-state index contributed by atoms with van der Waals surface area (Å²) >= 11 is 0. The Balaban J connectivity index is 1.53. The molecule has 1 atom stereocenters. The lowest BCUT2D eigenvalue weighted by Crippen LogP contribution is -2.48. The Morgan fingerprint density at radius 2 is 1.90 bits per heavy atom. The van der Waals surface area contributed by atoms with Gasteiger partial charge in [-0.05, 0) is 49.8 Å². The second kappa shape index (κ2) is 5.85. The van der Waals surface area contributed by atoms with Crippen molar-refractivity contribution in [3.8, 4) is 0 Å². The number of nitrogens with one attached hydrogen (secondary N) is 1. The quantitative estimate of drug-likeness (QED) is 0.690. The summed E-state index contributed by atoms with van der Waals surface area (Å²) in [7, 11) is 2.07. The van der Waals surface area contributed by atoms with Crippen LogP contribution in [0.3, 0.4) is 0 Å². The number of benzene rings is 2. The molecule has 0 saturated carbocycles. The van der Waals surface area contributed by atoms with E-state index in [0.29, 0.717) is 12.3 Å². The van der Waals surface area contributed by atoms with E-state index in [-0.39, 0.29) is 11.6 Å². The maximum atomic E-state index is 12.7. The Kier molecular flexibility index (Phi) is 3.44. The third kappa shape index (κ3) is 2.39. The summed E-state index contributed by atoms with van der Waals surface area (Å²) in [6.07, 6.45) is 4.61. The number of fused-ring (bicyclic) bond motifs is 4. The van der Waals surface area contributed by atoms with E-state index >= 15 is 0 Å². The maximum Gasteiger partial charge on any atom is 0.223 e. The molecule has 0 bridgehead atoms. The Bertz CT molecular complexity index is 1140. The van der Waals surface area contributed by atoms with Crippen LogP contribution < -0.4 is 5.32 Å². The number of imidazole rings is 1. The van der Waals surface area contributed by atoms with Crippen LogP contribution in [-0.4, -0.2) is 32.4 Å². The molecule has 5 nitrogen and oxygen atoms in total. The number of anilines is 1. The first-order valence-corrected chi connectivity index (χ1v) is 10.7. The van der Waals surface area contributed by atoms with Crippen molar-refractivity contribution < 1.29 is 4.79 Å². The minimum absolute atomic E-state index is 0.0517. The maximum absolute atomic E-state index is 12.7. The summed E-state index contributed by atoms with van der Waals surface area (Å²) in [6.45, 7) is 2.92. The zero-order valence-electron chi connectivity index (χ0n) is 17.0. The minimum Gasteiger partial charge on any atom is -0.377 e. The van der Waals surface area contributed by atoms with Crippen molar-refractivity contribution in [1.29, 1.82) is 0 Å². The summed E-state index contributed by atoms with van der Waals surface area (Å²) in [6, 6.07) is 13.3. The molecule has 1 amide bonds. The van der Waals surface area contributed by atoms with Crippen LogP contribution >= 0.6 is 0 Å². The highest BCUT2D eigenvalue weighted by Gasteiger charge is 2.46. The number of aryl methyl sites for hydroxylation is 2. The van der Waals surface area contributed by atoms with Crippen LogP contribution in [0.15, 0.2) is 36.4 Å². The molecule has 6 rings (SSSR count). The van der Waals surface area contributed by atoms with Crippen LogP contribution in [0.1, 0.15) is 47.8 Å². The SMILES string of the molecule is Cc1nc2c3c(ccc2n1C)C(N1CCCC1=O)CC1(Cc2ccccc2C1)N3. The fourth-order valence-corrected chi connectivity index (χ4v) is 5.80. The predicted octanol–water partition coefficient (Wildman–Crippen LogP) is 3.90. The van der Waals surface area contributed by atoms with Gasteiger partial charge in [0.15, 0.2) is 0 Å². The molecule has 1 spiro atoms. The van der Waals surface area contributed by atoms with Crippen LogP contribution in [0.25, 0.3) is 11.0 Å². The molecule has 1 unspecified atom stereocenters. The number of aromatic nitrogens is 2. The van der Waals surface area contributed by atoms with Crippen molar-refractivity contribution in [3.05, 3.63) is 58.9 Å². The highest BCUT2D eigenvalue weighted by molar-refractivity contribution is 5.93. The standard InChI is InChI=1S/C24H26N4O/c1-15-25-23-19(27(15)2)10-9-18-20(28-11-5-8-21(28)29)14-24(26-22(18)23)12-16-6-3-4-7-17(16)13-24/h3-4,6-7,9-10,20,26H,5,8,11-14H2,1-2H3. The van der Waals surface area contributed by atoms with Gasteiger partial charge < -0.3 is 14.8 Å². The highest BCUT2D eigenvalue weighted by Crippen LogP contribution is 2.49. The van der Waals surface area contributed by atoms with E-state index in [1.54, 1.807) is 0 Å². The zero-order chi connectivity index (χ0) is 19.8. The van der Waals surface area contributed by atoms with Crippen molar-refractivity contribution in [2.45, 2.75) is 50.6 Å². The normalized spacial score (nSPS) is 22.2. The van der Waals surface area contributed by atoms with Gasteiger partial charge in [-0.1, -0.05) is 30.3 Å². The molecule has 1 aromatic heterocycles. The summed E-state index contributed by atoms with van der Waals surface area (Å²) in [5, 5.41) is 3.96. The summed E-state index contributed by atoms with van der Waals surface area (Å²) in [5.41, 5.74) is 7.35. The molecule has 1 aliphatic carbocycles. The molecule has 148 valence electrons. The summed E-state index contributed by atoms with van der Waals surface area (Å²) in [4.78, 5) is 19.8. The van der Waals surface area contributed by atoms with Crippen LogP contribution in [0, 0.1) is 6.92 Å². The van der Waals surface area contributed by atoms with Crippen LogP contribution in [0.2, 0.25) is 0 Å². The third-order valence-corrected chi connectivity index (χ3v) is 7.30. The van der Waals surface area contributed by atoms with Crippen molar-refractivity contribution in [2.75, 3.05) is 11.9 Å². The van der Waals surface area contributed by atoms with E-state index < -0.39 is 0 Å². The molecule has 29 heavy (non-hydrogen) atoms. The largest absolute Gasteiger partial charge is 0.377 e. The van der Waals surface area contributed by atoms with E-state index in [0.717, 1.165) is 54.8 Å². The molecule has 2 aliphatic heterocycles. The molecule has 1 fully saturated rings. The van der Waals surface area contributed by atoms with Gasteiger partial charge >= 0.3 is 0 Å². The number of nitrogens with zero attached hydrogens (tertiary/aromatic N) is 3. The number of amides is 1. The highest BCUT2D eigenvalue weighted by atomic mass is 16.2. The van der Waals surface area contributed by atoms with Crippen LogP contribution in [0.4, 0.5) is 5.69 Å².